The number of para-hydroxylation sites is 1. The summed E-state index contributed by atoms with van der Waals surface area (Å²) in [6.45, 7) is 0. The zero-order valence-electron chi connectivity index (χ0n) is 12.0. The molecule has 2 N–H and O–H groups in total. The highest BCUT2D eigenvalue weighted by atomic mass is 16.1. The van der Waals surface area contributed by atoms with E-state index in [1.807, 2.05) is 42.5 Å². The maximum Gasteiger partial charge on any atom is 0.272 e. The first-order valence-corrected chi connectivity index (χ1v) is 7.02. The van der Waals surface area contributed by atoms with Gasteiger partial charge in [0.1, 0.15) is 12.0 Å². The van der Waals surface area contributed by atoms with Gasteiger partial charge in [0.2, 0.25) is 0 Å². The number of fused-ring (bicyclic) bond motifs is 1. The maximum absolute atomic E-state index is 12.3. The smallest absolute Gasteiger partial charge is 0.272 e. The lowest BCUT2D eigenvalue weighted by Crippen LogP contribution is -2.12. The molecule has 1 amide bonds. The quantitative estimate of drug-likeness (QED) is 0.608. The van der Waals surface area contributed by atoms with Crippen molar-refractivity contribution >= 4 is 22.5 Å². The first-order chi connectivity index (χ1) is 11.3. The molecule has 4 aromatic rings. The Labute approximate surface area is 130 Å². The molecule has 0 bridgehead atoms. The van der Waals surface area contributed by atoms with Crippen molar-refractivity contribution in [3.63, 3.8) is 0 Å². The van der Waals surface area contributed by atoms with E-state index in [1.54, 1.807) is 16.8 Å². The summed E-state index contributed by atoms with van der Waals surface area (Å²) in [7, 11) is 0. The number of H-pyrrole nitrogens is 1. The highest BCUT2D eigenvalue weighted by Gasteiger charge is 2.09. The second kappa shape index (κ2) is 5.38. The summed E-state index contributed by atoms with van der Waals surface area (Å²) in [5, 5.41) is 14.9. The Balaban J connectivity index is 1.54. The predicted molar refractivity (Wildman–Crippen MR) is 85.4 cm³/mol. The first kappa shape index (κ1) is 13.2. The molecule has 0 radical (unpaired) electrons. The van der Waals surface area contributed by atoms with Gasteiger partial charge in [0.25, 0.3) is 5.91 Å². The summed E-state index contributed by atoms with van der Waals surface area (Å²) < 4.78 is 1.54. The Kier molecular flexibility index (Phi) is 3.09. The SMILES string of the molecule is O=C(Nc1ccc(-n2cnnn2)cc1)c1cc2ccccc2[nH]1. The third kappa shape index (κ3) is 2.55. The second-order valence-corrected chi connectivity index (χ2v) is 5.03. The van der Waals surface area contributed by atoms with Gasteiger partial charge >= 0.3 is 0 Å². The van der Waals surface area contributed by atoms with Gasteiger partial charge < -0.3 is 10.3 Å². The molecule has 2 heterocycles. The number of carbonyl (C=O) groups is 1. The minimum Gasteiger partial charge on any atom is -0.351 e. The molecule has 0 spiro atoms. The zero-order chi connectivity index (χ0) is 15.6. The Hall–Kier alpha value is -3.48. The Morgan fingerprint density at radius 2 is 1.91 bits per heavy atom. The molecule has 0 atom stereocenters. The molecule has 0 aliphatic carbocycles. The van der Waals surface area contributed by atoms with Crippen LogP contribution in [0.5, 0.6) is 0 Å². The summed E-state index contributed by atoms with van der Waals surface area (Å²) in [5.74, 6) is -0.184. The largest absolute Gasteiger partial charge is 0.351 e. The van der Waals surface area contributed by atoms with E-state index in [1.165, 1.54) is 6.33 Å². The van der Waals surface area contributed by atoms with Crippen LogP contribution in [0.15, 0.2) is 60.9 Å². The molecule has 4 rings (SSSR count). The van der Waals surface area contributed by atoms with Crippen molar-refractivity contribution in [3.8, 4) is 5.69 Å². The number of amides is 1. The van der Waals surface area contributed by atoms with Gasteiger partial charge in [0.05, 0.1) is 5.69 Å². The number of hydrogen-bond acceptors (Lipinski definition) is 4. The standard InChI is InChI=1S/C16H12N6O/c23-16(15-9-11-3-1-2-4-14(11)19-15)18-12-5-7-13(8-6-12)22-10-17-20-21-22/h1-10,19H,(H,18,23). The lowest BCUT2D eigenvalue weighted by atomic mass is 10.2. The van der Waals surface area contributed by atoms with E-state index in [0.717, 1.165) is 16.6 Å². The van der Waals surface area contributed by atoms with Gasteiger partial charge in [-0.15, -0.1) is 5.10 Å². The Morgan fingerprint density at radius 1 is 1.09 bits per heavy atom. The molecule has 7 nitrogen and oxygen atoms in total. The van der Waals surface area contributed by atoms with Gasteiger partial charge in [-0.25, -0.2) is 4.68 Å². The molecule has 0 fully saturated rings. The molecular formula is C16H12N6O. The third-order valence-corrected chi connectivity index (χ3v) is 3.51. The molecule has 2 aromatic carbocycles. The van der Waals surface area contributed by atoms with E-state index in [0.29, 0.717) is 11.4 Å². The van der Waals surface area contributed by atoms with Crippen LogP contribution in [0.3, 0.4) is 0 Å². The average Bonchev–Trinajstić information content (AvgIpc) is 3.25. The summed E-state index contributed by atoms with van der Waals surface area (Å²) in [5.41, 5.74) is 2.98. The molecule has 7 heteroatoms. The number of nitrogens with zero attached hydrogens (tertiary/aromatic N) is 4. The van der Waals surface area contributed by atoms with Crippen molar-refractivity contribution in [3.05, 3.63) is 66.6 Å². The van der Waals surface area contributed by atoms with Gasteiger partial charge in [0.15, 0.2) is 0 Å². The monoisotopic (exact) mass is 304 g/mol. The van der Waals surface area contributed by atoms with Crippen LogP contribution >= 0.6 is 0 Å². The highest BCUT2D eigenvalue weighted by molar-refractivity contribution is 6.05. The van der Waals surface area contributed by atoms with Gasteiger partial charge in [-0.2, -0.15) is 0 Å². The van der Waals surface area contributed by atoms with E-state index >= 15 is 0 Å². The number of aromatic nitrogens is 5. The number of anilines is 1. The molecule has 0 unspecified atom stereocenters. The van der Waals surface area contributed by atoms with Crippen molar-refractivity contribution in [2.24, 2.45) is 0 Å². The molecule has 0 aliphatic rings. The average molecular weight is 304 g/mol. The van der Waals surface area contributed by atoms with Crippen LogP contribution < -0.4 is 5.32 Å². The number of carbonyl (C=O) groups excluding carboxylic acids is 1. The fourth-order valence-electron chi connectivity index (χ4n) is 2.37. The zero-order valence-corrected chi connectivity index (χ0v) is 12.0. The predicted octanol–water partition coefficient (Wildman–Crippen LogP) is 2.40. The molecule has 0 saturated heterocycles. The van der Waals surface area contributed by atoms with Crippen LogP contribution in [0.1, 0.15) is 10.5 Å². The topological polar surface area (TPSA) is 88.5 Å². The van der Waals surface area contributed by atoms with Crippen molar-refractivity contribution in [1.29, 1.82) is 0 Å². The number of rotatable bonds is 3. The maximum atomic E-state index is 12.3. The minimum absolute atomic E-state index is 0.184. The molecule has 23 heavy (non-hydrogen) atoms. The summed E-state index contributed by atoms with van der Waals surface area (Å²) in [6.07, 6.45) is 1.51. The van der Waals surface area contributed by atoms with E-state index < -0.39 is 0 Å². The lowest BCUT2D eigenvalue weighted by molar-refractivity contribution is 0.102. The molecule has 0 aliphatic heterocycles. The number of benzene rings is 2. The Bertz CT molecular complexity index is 923. The highest BCUT2D eigenvalue weighted by Crippen LogP contribution is 2.17. The van der Waals surface area contributed by atoms with Gasteiger partial charge in [-0.1, -0.05) is 18.2 Å². The van der Waals surface area contributed by atoms with Crippen molar-refractivity contribution in [1.82, 2.24) is 25.2 Å². The number of aromatic amines is 1. The first-order valence-electron chi connectivity index (χ1n) is 7.02. The van der Waals surface area contributed by atoms with Gasteiger partial charge in [0, 0.05) is 16.6 Å². The third-order valence-electron chi connectivity index (χ3n) is 3.51. The molecule has 112 valence electrons. The van der Waals surface area contributed by atoms with E-state index in [4.69, 9.17) is 0 Å². The minimum atomic E-state index is -0.184. The molecule has 2 aromatic heterocycles. The van der Waals surface area contributed by atoms with Crippen molar-refractivity contribution < 1.29 is 4.79 Å². The van der Waals surface area contributed by atoms with Crippen LogP contribution in [-0.2, 0) is 0 Å². The van der Waals surface area contributed by atoms with Crippen molar-refractivity contribution in [2.75, 3.05) is 5.32 Å². The van der Waals surface area contributed by atoms with Crippen LogP contribution in [-0.4, -0.2) is 31.1 Å². The Morgan fingerprint density at radius 3 is 2.65 bits per heavy atom. The molecule has 0 saturated carbocycles. The summed E-state index contributed by atoms with van der Waals surface area (Å²) >= 11 is 0. The number of nitrogens with one attached hydrogen (secondary N) is 2. The normalized spacial score (nSPS) is 10.8. The van der Waals surface area contributed by atoms with E-state index in [2.05, 4.69) is 25.8 Å². The van der Waals surface area contributed by atoms with E-state index in [-0.39, 0.29) is 5.91 Å². The number of tetrazole rings is 1. The van der Waals surface area contributed by atoms with E-state index in [9.17, 15) is 4.79 Å². The van der Waals surface area contributed by atoms with Crippen LogP contribution in [0.25, 0.3) is 16.6 Å². The van der Waals surface area contributed by atoms with Crippen LogP contribution in [0.4, 0.5) is 5.69 Å². The van der Waals surface area contributed by atoms with Gasteiger partial charge in [-0.3, -0.25) is 4.79 Å². The fraction of sp³-hybridized carbons (Fsp3) is 0. The second-order valence-electron chi connectivity index (χ2n) is 5.03. The van der Waals surface area contributed by atoms with Crippen molar-refractivity contribution in [2.45, 2.75) is 0 Å². The van der Waals surface area contributed by atoms with Crippen LogP contribution in [0, 0.1) is 0 Å². The summed E-state index contributed by atoms with van der Waals surface area (Å²) in [6, 6.07) is 16.9. The number of hydrogen-bond donors (Lipinski definition) is 2. The molecular weight excluding hydrogens is 292 g/mol. The fourth-order valence-corrected chi connectivity index (χ4v) is 2.37. The summed E-state index contributed by atoms with van der Waals surface area (Å²) in [4.78, 5) is 15.4. The lowest BCUT2D eigenvalue weighted by Gasteiger charge is -2.05. The van der Waals surface area contributed by atoms with Gasteiger partial charge in [-0.05, 0) is 46.8 Å². The van der Waals surface area contributed by atoms with Crippen LogP contribution in [0.2, 0.25) is 0 Å².